The van der Waals surface area contributed by atoms with E-state index < -0.39 is 5.97 Å². The van der Waals surface area contributed by atoms with Gasteiger partial charge in [0.25, 0.3) is 0 Å². The average molecular weight is 263 g/mol. The number of aromatic carboxylic acids is 1. The van der Waals surface area contributed by atoms with Gasteiger partial charge in [-0.25, -0.2) is 4.79 Å². The van der Waals surface area contributed by atoms with E-state index in [1.165, 1.54) is 6.20 Å². The molecule has 0 saturated carbocycles. The maximum Gasteiger partial charge on any atom is 0.339 e. The summed E-state index contributed by atoms with van der Waals surface area (Å²) in [5.41, 5.74) is 1.08. The van der Waals surface area contributed by atoms with Crippen LogP contribution in [-0.4, -0.2) is 53.2 Å². The summed E-state index contributed by atoms with van der Waals surface area (Å²) in [4.78, 5) is 19.7. The maximum atomic E-state index is 11.2. The Labute approximate surface area is 113 Å². The summed E-state index contributed by atoms with van der Waals surface area (Å²) in [6.07, 6.45) is 4.18. The number of hydrogen-bond acceptors (Lipinski definition) is 4. The molecule has 5 nitrogen and oxygen atoms in total. The first-order valence-corrected chi connectivity index (χ1v) is 6.83. The molecule has 5 heteroatoms. The van der Waals surface area contributed by atoms with Crippen molar-refractivity contribution in [3.8, 4) is 0 Å². The second-order valence-electron chi connectivity index (χ2n) is 4.81. The van der Waals surface area contributed by atoms with Crippen molar-refractivity contribution in [1.29, 1.82) is 0 Å². The minimum absolute atomic E-state index is 0.294. The molecule has 1 aliphatic heterocycles. The molecule has 104 valence electrons. The molecule has 1 fully saturated rings. The van der Waals surface area contributed by atoms with E-state index >= 15 is 0 Å². The molecule has 19 heavy (non-hydrogen) atoms. The zero-order valence-corrected chi connectivity index (χ0v) is 11.5. The monoisotopic (exact) mass is 263 g/mol. The first-order valence-electron chi connectivity index (χ1n) is 6.83. The Morgan fingerprint density at radius 1 is 1.53 bits per heavy atom. The topological polar surface area (TPSA) is 56.7 Å². The van der Waals surface area contributed by atoms with E-state index in [0.29, 0.717) is 11.6 Å². The molecule has 0 amide bonds. The van der Waals surface area contributed by atoms with Gasteiger partial charge in [0.15, 0.2) is 0 Å². The lowest BCUT2D eigenvalue weighted by Crippen LogP contribution is -2.37. The lowest BCUT2D eigenvalue weighted by Gasteiger charge is -2.27. The largest absolute Gasteiger partial charge is 0.478 e. The standard InChI is InChI=1S/C14H21N3O2/c1-3-16(4-2)11-6-8-17(10-11)13-5-7-15-9-12(13)14(18)19/h5,7,9,11H,3-4,6,8,10H2,1-2H3,(H,18,19). The van der Waals surface area contributed by atoms with Crippen molar-refractivity contribution in [3.63, 3.8) is 0 Å². The molecule has 1 N–H and O–H groups in total. The lowest BCUT2D eigenvalue weighted by molar-refractivity contribution is 0.0697. The van der Waals surface area contributed by atoms with E-state index in [0.717, 1.165) is 38.3 Å². The summed E-state index contributed by atoms with van der Waals surface area (Å²) in [6.45, 7) is 8.22. The molecule has 0 aliphatic carbocycles. The van der Waals surface area contributed by atoms with Crippen LogP contribution in [0, 0.1) is 0 Å². The quantitative estimate of drug-likeness (QED) is 0.876. The van der Waals surface area contributed by atoms with E-state index in [1.807, 2.05) is 0 Å². The summed E-state index contributed by atoms with van der Waals surface area (Å²) in [5.74, 6) is -0.908. The number of hydrogen-bond donors (Lipinski definition) is 1. The van der Waals surface area contributed by atoms with E-state index in [2.05, 4.69) is 28.6 Å². The Kier molecular flexibility index (Phi) is 4.37. The zero-order chi connectivity index (χ0) is 13.8. The van der Waals surface area contributed by atoms with Crippen LogP contribution < -0.4 is 4.90 Å². The van der Waals surface area contributed by atoms with Gasteiger partial charge < -0.3 is 10.0 Å². The molecule has 0 bridgehead atoms. The second-order valence-corrected chi connectivity index (χ2v) is 4.81. The van der Waals surface area contributed by atoms with Crippen molar-refractivity contribution in [3.05, 3.63) is 24.0 Å². The van der Waals surface area contributed by atoms with Crippen LogP contribution in [0.4, 0.5) is 5.69 Å². The van der Waals surface area contributed by atoms with Crippen molar-refractivity contribution in [2.24, 2.45) is 0 Å². The van der Waals surface area contributed by atoms with Crippen LogP contribution in [0.25, 0.3) is 0 Å². The fourth-order valence-electron chi connectivity index (χ4n) is 2.83. The molecule has 2 heterocycles. The van der Waals surface area contributed by atoms with Gasteiger partial charge in [0, 0.05) is 31.5 Å². The minimum Gasteiger partial charge on any atom is -0.478 e. The maximum absolute atomic E-state index is 11.2. The van der Waals surface area contributed by atoms with E-state index in [-0.39, 0.29) is 0 Å². The first kappa shape index (κ1) is 13.8. The molecular weight excluding hydrogens is 242 g/mol. The van der Waals surface area contributed by atoms with Crippen LogP contribution in [0.15, 0.2) is 18.5 Å². The van der Waals surface area contributed by atoms with Gasteiger partial charge in [-0.3, -0.25) is 9.88 Å². The zero-order valence-electron chi connectivity index (χ0n) is 11.5. The van der Waals surface area contributed by atoms with Gasteiger partial charge >= 0.3 is 5.97 Å². The normalized spacial score (nSPS) is 19.1. The second kappa shape index (κ2) is 6.02. The SMILES string of the molecule is CCN(CC)C1CCN(c2ccncc2C(=O)O)C1. The number of pyridine rings is 1. The summed E-state index contributed by atoms with van der Waals surface area (Å²) in [7, 11) is 0. The molecule has 2 rings (SSSR count). The van der Waals surface area contributed by atoms with Gasteiger partial charge in [0.05, 0.1) is 5.69 Å². The van der Waals surface area contributed by atoms with Gasteiger partial charge in [-0.05, 0) is 25.6 Å². The van der Waals surface area contributed by atoms with Crippen molar-refractivity contribution >= 4 is 11.7 Å². The van der Waals surface area contributed by atoms with Gasteiger partial charge in [-0.15, -0.1) is 0 Å². The summed E-state index contributed by atoms with van der Waals surface area (Å²) in [6, 6.07) is 2.32. The highest BCUT2D eigenvalue weighted by molar-refractivity contribution is 5.94. The number of nitrogens with zero attached hydrogens (tertiary/aromatic N) is 3. The number of carboxylic acids is 1. The van der Waals surface area contributed by atoms with Gasteiger partial charge in [-0.2, -0.15) is 0 Å². The Morgan fingerprint density at radius 2 is 2.26 bits per heavy atom. The molecule has 1 atom stereocenters. The Morgan fingerprint density at radius 3 is 2.89 bits per heavy atom. The number of rotatable bonds is 5. The fraction of sp³-hybridized carbons (Fsp3) is 0.571. The third-order valence-corrected chi connectivity index (χ3v) is 3.86. The number of carboxylic acid groups (broad SMARTS) is 1. The summed E-state index contributed by atoms with van der Waals surface area (Å²) < 4.78 is 0. The lowest BCUT2D eigenvalue weighted by atomic mass is 10.2. The Balaban J connectivity index is 2.15. The summed E-state index contributed by atoms with van der Waals surface area (Å²) >= 11 is 0. The minimum atomic E-state index is -0.908. The highest BCUT2D eigenvalue weighted by Gasteiger charge is 2.28. The first-order chi connectivity index (χ1) is 9.17. The smallest absolute Gasteiger partial charge is 0.339 e. The predicted octanol–water partition coefficient (Wildman–Crippen LogP) is 1.70. The highest BCUT2D eigenvalue weighted by atomic mass is 16.4. The van der Waals surface area contributed by atoms with E-state index in [9.17, 15) is 9.90 Å². The van der Waals surface area contributed by atoms with E-state index in [1.54, 1.807) is 12.3 Å². The third kappa shape index (κ3) is 2.87. The van der Waals surface area contributed by atoms with Gasteiger partial charge in [-0.1, -0.05) is 13.8 Å². The Bertz CT molecular complexity index is 446. The third-order valence-electron chi connectivity index (χ3n) is 3.86. The number of aromatic nitrogens is 1. The van der Waals surface area contributed by atoms with Gasteiger partial charge in [0.1, 0.15) is 5.56 Å². The molecule has 0 spiro atoms. The van der Waals surface area contributed by atoms with Crippen molar-refractivity contribution < 1.29 is 9.90 Å². The molecule has 1 aliphatic rings. The van der Waals surface area contributed by atoms with Crippen LogP contribution in [0.2, 0.25) is 0 Å². The fourth-order valence-corrected chi connectivity index (χ4v) is 2.83. The van der Waals surface area contributed by atoms with Crippen LogP contribution in [0.5, 0.6) is 0 Å². The molecule has 1 aromatic heterocycles. The number of likely N-dealkylation sites (N-methyl/N-ethyl adjacent to an activating group) is 1. The predicted molar refractivity (Wildman–Crippen MR) is 74.7 cm³/mol. The number of anilines is 1. The highest BCUT2D eigenvalue weighted by Crippen LogP contribution is 2.25. The number of carbonyl (C=O) groups is 1. The average Bonchev–Trinajstić information content (AvgIpc) is 2.89. The molecule has 0 radical (unpaired) electrons. The molecule has 1 unspecified atom stereocenters. The molecule has 0 aromatic carbocycles. The van der Waals surface area contributed by atoms with E-state index in [4.69, 9.17) is 0 Å². The van der Waals surface area contributed by atoms with Crippen molar-refractivity contribution in [2.45, 2.75) is 26.3 Å². The van der Waals surface area contributed by atoms with Crippen LogP contribution in [0.3, 0.4) is 0 Å². The van der Waals surface area contributed by atoms with Crippen LogP contribution >= 0.6 is 0 Å². The van der Waals surface area contributed by atoms with Crippen molar-refractivity contribution in [1.82, 2.24) is 9.88 Å². The van der Waals surface area contributed by atoms with Gasteiger partial charge in [0.2, 0.25) is 0 Å². The summed E-state index contributed by atoms with van der Waals surface area (Å²) in [5, 5.41) is 9.22. The Hall–Kier alpha value is -1.62. The molecule has 1 aromatic rings. The molecule has 1 saturated heterocycles. The van der Waals surface area contributed by atoms with Crippen LogP contribution in [0.1, 0.15) is 30.6 Å². The van der Waals surface area contributed by atoms with Crippen molar-refractivity contribution in [2.75, 3.05) is 31.1 Å². The van der Waals surface area contributed by atoms with Crippen LogP contribution in [-0.2, 0) is 0 Å². The molecular formula is C14H21N3O2.